The molecule has 1 aliphatic rings. The summed E-state index contributed by atoms with van der Waals surface area (Å²) in [6.45, 7) is 8.83. The number of hydrogen-bond donors (Lipinski definition) is 1. The number of carbonyl (C=O) groups is 1. The molecule has 1 saturated heterocycles. The van der Waals surface area contributed by atoms with Crippen LogP contribution in [0.3, 0.4) is 0 Å². The van der Waals surface area contributed by atoms with Gasteiger partial charge in [0.25, 0.3) is 5.91 Å². The lowest BCUT2D eigenvalue weighted by atomic mass is 10.1. The Bertz CT molecular complexity index is 786. The first-order valence-corrected chi connectivity index (χ1v) is 9.13. The fourth-order valence-electron chi connectivity index (χ4n) is 3.18. The molecule has 0 unspecified atom stereocenters. The van der Waals surface area contributed by atoms with E-state index in [4.69, 9.17) is 10.3 Å². The second-order valence-corrected chi connectivity index (χ2v) is 7.50. The van der Waals surface area contributed by atoms with E-state index >= 15 is 0 Å². The molecule has 1 fully saturated rings. The summed E-state index contributed by atoms with van der Waals surface area (Å²) in [5, 5.41) is 4.02. The number of rotatable bonds is 5. The van der Waals surface area contributed by atoms with Crippen molar-refractivity contribution in [3.8, 4) is 0 Å². The lowest BCUT2D eigenvalue weighted by Crippen LogP contribution is -2.31. The van der Waals surface area contributed by atoms with E-state index in [2.05, 4.69) is 34.0 Å². The van der Waals surface area contributed by atoms with Crippen LogP contribution in [0.4, 0.5) is 5.95 Å². The topological polar surface area (TPSA) is 111 Å². The highest BCUT2D eigenvalue weighted by Gasteiger charge is 2.35. The molecule has 140 valence electrons. The standard InChI is InChI=1S/C18H26N6O2/c1-10(2)8-12-9-13(21-18(19)20-12)17(25)24-7-5-6-14(24)16-22-15(11(3)4)23-26-16/h9-11,14H,5-8H2,1-4H3,(H2,19,20,21)/t14-/m0/s1. The minimum absolute atomic E-state index is 0.127. The van der Waals surface area contributed by atoms with E-state index in [0.717, 1.165) is 25.0 Å². The van der Waals surface area contributed by atoms with Crippen molar-refractivity contribution in [1.82, 2.24) is 25.0 Å². The van der Waals surface area contributed by atoms with Crippen molar-refractivity contribution < 1.29 is 9.32 Å². The van der Waals surface area contributed by atoms with Gasteiger partial charge in [-0.15, -0.1) is 0 Å². The molecule has 0 aromatic carbocycles. The third-order valence-electron chi connectivity index (χ3n) is 4.41. The van der Waals surface area contributed by atoms with Crippen LogP contribution in [0.25, 0.3) is 0 Å². The van der Waals surface area contributed by atoms with Crippen LogP contribution < -0.4 is 5.73 Å². The van der Waals surface area contributed by atoms with Gasteiger partial charge in [-0.1, -0.05) is 32.9 Å². The maximum atomic E-state index is 13.1. The molecule has 3 heterocycles. The second-order valence-electron chi connectivity index (χ2n) is 7.50. The molecule has 0 spiro atoms. The van der Waals surface area contributed by atoms with Crippen molar-refractivity contribution in [3.63, 3.8) is 0 Å². The van der Waals surface area contributed by atoms with Gasteiger partial charge in [0.1, 0.15) is 11.7 Å². The van der Waals surface area contributed by atoms with Gasteiger partial charge in [0, 0.05) is 18.2 Å². The monoisotopic (exact) mass is 358 g/mol. The maximum Gasteiger partial charge on any atom is 0.273 e. The summed E-state index contributed by atoms with van der Waals surface area (Å²) in [5.74, 6) is 1.70. The van der Waals surface area contributed by atoms with Crippen LogP contribution in [0.5, 0.6) is 0 Å². The SMILES string of the molecule is CC(C)Cc1cc(C(=O)N2CCC[C@H]2c2nc(C(C)C)no2)nc(N)n1. The largest absolute Gasteiger partial charge is 0.368 e. The fourth-order valence-corrected chi connectivity index (χ4v) is 3.18. The molecule has 1 amide bonds. The normalized spacial score (nSPS) is 17.5. The number of likely N-dealkylation sites (tertiary alicyclic amines) is 1. The first kappa shape index (κ1) is 18.3. The van der Waals surface area contributed by atoms with Crippen LogP contribution in [0.15, 0.2) is 10.6 Å². The number of aromatic nitrogens is 4. The van der Waals surface area contributed by atoms with Crippen molar-refractivity contribution in [3.05, 3.63) is 29.2 Å². The third-order valence-corrected chi connectivity index (χ3v) is 4.41. The van der Waals surface area contributed by atoms with Crippen molar-refractivity contribution in [2.75, 3.05) is 12.3 Å². The van der Waals surface area contributed by atoms with Gasteiger partial charge < -0.3 is 15.2 Å². The Morgan fingerprint density at radius 2 is 2.08 bits per heavy atom. The zero-order valence-corrected chi connectivity index (χ0v) is 15.8. The zero-order valence-electron chi connectivity index (χ0n) is 15.8. The number of nitrogen functional groups attached to an aromatic ring is 1. The molecule has 0 radical (unpaired) electrons. The lowest BCUT2D eigenvalue weighted by molar-refractivity contribution is 0.0704. The molecule has 2 aromatic heterocycles. The van der Waals surface area contributed by atoms with Crippen LogP contribution in [-0.4, -0.2) is 37.5 Å². The molecule has 3 rings (SSSR count). The Labute approximate surface area is 153 Å². The summed E-state index contributed by atoms with van der Waals surface area (Å²) >= 11 is 0. The fraction of sp³-hybridized carbons (Fsp3) is 0.611. The van der Waals surface area contributed by atoms with Gasteiger partial charge in [0.2, 0.25) is 11.8 Å². The van der Waals surface area contributed by atoms with E-state index in [-0.39, 0.29) is 23.8 Å². The highest BCUT2D eigenvalue weighted by Crippen LogP contribution is 2.32. The maximum absolute atomic E-state index is 13.1. The van der Waals surface area contributed by atoms with Crippen LogP contribution >= 0.6 is 0 Å². The highest BCUT2D eigenvalue weighted by atomic mass is 16.5. The highest BCUT2D eigenvalue weighted by molar-refractivity contribution is 5.93. The Balaban J connectivity index is 1.85. The molecule has 2 N–H and O–H groups in total. The van der Waals surface area contributed by atoms with E-state index in [1.165, 1.54) is 0 Å². The molecule has 26 heavy (non-hydrogen) atoms. The van der Waals surface area contributed by atoms with E-state index in [1.54, 1.807) is 11.0 Å². The summed E-state index contributed by atoms with van der Waals surface area (Å²) < 4.78 is 5.41. The van der Waals surface area contributed by atoms with Crippen molar-refractivity contribution >= 4 is 11.9 Å². The van der Waals surface area contributed by atoms with Crippen LogP contribution in [0.2, 0.25) is 0 Å². The van der Waals surface area contributed by atoms with Gasteiger partial charge in [-0.2, -0.15) is 4.98 Å². The minimum atomic E-state index is -0.216. The summed E-state index contributed by atoms with van der Waals surface area (Å²) in [7, 11) is 0. The molecule has 8 nitrogen and oxygen atoms in total. The summed E-state index contributed by atoms with van der Waals surface area (Å²) in [4.78, 5) is 27.7. The van der Waals surface area contributed by atoms with E-state index < -0.39 is 0 Å². The molecule has 8 heteroatoms. The summed E-state index contributed by atoms with van der Waals surface area (Å²) in [6, 6.07) is 1.52. The van der Waals surface area contributed by atoms with Crippen molar-refractivity contribution in [1.29, 1.82) is 0 Å². The molecular weight excluding hydrogens is 332 g/mol. The first-order chi connectivity index (χ1) is 12.3. The van der Waals surface area contributed by atoms with Crippen LogP contribution in [0.1, 0.15) is 80.4 Å². The second kappa shape index (κ2) is 7.39. The van der Waals surface area contributed by atoms with Gasteiger partial charge >= 0.3 is 0 Å². The predicted octanol–water partition coefficient (Wildman–Crippen LogP) is 2.74. The molecule has 0 saturated carbocycles. The van der Waals surface area contributed by atoms with Gasteiger partial charge in [0.05, 0.1) is 0 Å². The van der Waals surface area contributed by atoms with Gasteiger partial charge in [-0.3, -0.25) is 4.79 Å². The first-order valence-electron chi connectivity index (χ1n) is 9.13. The minimum Gasteiger partial charge on any atom is -0.368 e. The average molecular weight is 358 g/mol. The summed E-state index contributed by atoms with van der Waals surface area (Å²) in [6.07, 6.45) is 2.43. The van der Waals surface area contributed by atoms with Gasteiger partial charge in [0.15, 0.2) is 5.82 Å². The van der Waals surface area contributed by atoms with Crippen molar-refractivity contribution in [2.24, 2.45) is 5.92 Å². The summed E-state index contributed by atoms with van der Waals surface area (Å²) in [5.41, 5.74) is 6.93. The van der Waals surface area contributed by atoms with Crippen molar-refractivity contribution in [2.45, 2.75) is 58.9 Å². The number of amides is 1. The number of nitrogens with two attached hydrogens (primary N) is 1. The predicted molar refractivity (Wildman–Crippen MR) is 96.4 cm³/mol. The number of anilines is 1. The van der Waals surface area contributed by atoms with E-state index in [9.17, 15) is 4.79 Å². The average Bonchev–Trinajstić information content (AvgIpc) is 3.21. The molecule has 2 aromatic rings. The van der Waals surface area contributed by atoms with E-state index in [1.807, 2.05) is 13.8 Å². The number of carbonyl (C=O) groups excluding carboxylic acids is 1. The van der Waals surface area contributed by atoms with Gasteiger partial charge in [-0.05, 0) is 31.2 Å². The Morgan fingerprint density at radius 1 is 1.31 bits per heavy atom. The zero-order chi connectivity index (χ0) is 18.8. The molecular formula is C18H26N6O2. The Kier molecular flexibility index (Phi) is 5.20. The molecule has 0 bridgehead atoms. The number of hydrogen-bond acceptors (Lipinski definition) is 7. The van der Waals surface area contributed by atoms with Crippen LogP contribution in [-0.2, 0) is 6.42 Å². The Morgan fingerprint density at radius 3 is 2.73 bits per heavy atom. The van der Waals surface area contributed by atoms with Crippen LogP contribution in [0, 0.1) is 5.92 Å². The molecule has 1 atom stereocenters. The number of nitrogens with zero attached hydrogens (tertiary/aromatic N) is 5. The Hall–Kier alpha value is -2.51. The smallest absolute Gasteiger partial charge is 0.273 e. The quantitative estimate of drug-likeness (QED) is 0.874. The van der Waals surface area contributed by atoms with E-state index in [0.29, 0.717) is 29.9 Å². The van der Waals surface area contributed by atoms with Gasteiger partial charge in [-0.25, -0.2) is 9.97 Å². The molecule has 0 aliphatic carbocycles. The lowest BCUT2D eigenvalue weighted by Gasteiger charge is -2.21. The molecule has 1 aliphatic heterocycles. The third kappa shape index (κ3) is 3.84.